The number of aromatic nitrogens is 2. The van der Waals surface area contributed by atoms with Crippen molar-refractivity contribution in [2.75, 3.05) is 5.32 Å². The van der Waals surface area contributed by atoms with Gasteiger partial charge in [-0.1, -0.05) is 12.1 Å². The molecule has 0 atom stereocenters. The number of anilines is 1. The molecule has 0 unspecified atom stereocenters. The summed E-state index contributed by atoms with van der Waals surface area (Å²) < 4.78 is 5.26. The van der Waals surface area contributed by atoms with Crippen LogP contribution in [-0.4, -0.2) is 15.9 Å². The van der Waals surface area contributed by atoms with Crippen molar-refractivity contribution in [1.29, 1.82) is 0 Å². The summed E-state index contributed by atoms with van der Waals surface area (Å²) in [7, 11) is 0. The molecular formula is C13H12N4O2. The van der Waals surface area contributed by atoms with E-state index in [1.54, 1.807) is 12.1 Å². The minimum atomic E-state index is -0.362. The zero-order valence-corrected chi connectivity index (χ0v) is 10.0. The van der Waals surface area contributed by atoms with E-state index in [1.807, 2.05) is 24.3 Å². The number of nitrogens with zero attached hydrogens (tertiary/aromatic N) is 1. The Kier molecular flexibility index (Phi) is 2.77. The van der Waals surface area contributed by atoms with Crippen LogP contribution in [0.25, 0.3) is 11.0 Å². The number of carbonyl (C=O) groups is 1. The van der Waals surface area contributed by atoms with E-state index in [0.717, 1.165) is 11.0 Å². The highest BCUT2D eigenvalue weighted by Crippen LogP contribution is 2.15. The second kappa shape index (κ2) is 4.58. The first-order valence-corrected chi connectivity index (χ1v) is 5.81. The number of H-pyrrole nitrogens is 1. The van der Waals surface area contributed by atoms with Crippen LogP contribution < -0.4 is 11.1 Å². The number of nitrogens with two attached hydrogens (primary N) is 1. The lowest BCUT2D eigenvalue weighted by Crippen LogP contribution is -2.12. The molecule has 4 N–H and O–H groups in total. The maximum atomic E-state index is 11.9. The lowest BCUT2D eigenvalue weighted by atomic mass is 10.3. The van der Waals surface area contributed by atoms with Crippen molar-refractivity contribution in [1.82, 2.24) is 9.97 Å². The predicted octanol–water partition coefficient (Wildman–Crippen LogP) is 1.87. The van der Waals surface area contributed by atoms with E-state index in [0.29, 0.717) is 11.7 Å². The number of hydrogen-bond donors (Lipinski definition) is 3. The molecule has 0 saturated carbocycles. The lowest BCUT2D eigenvalue weighted by Gasteiger charge is -1.97. The highest BCUT2D eigenvalue weighted by Gasteiger charge is 2.12. The number of para-hydroxylation sites is 2. The number of furan rings is 1. The largest absolute Gasteiger partial charge is 0.455 e. The fourth-order valence-corrected chi connectivity index (χ4v) is 1.79. The van der Waals surface area contributed by atoms with E-state index in [9.17, 15) is 4.79 Å². The van der Waals surface area contributed by atoms with Crippen LogP contribution in [-0.2, 0) is 6.54 Å². The first kappa shape index (κ1) is 11.5. The molecular weight excluding hydrogens is 244 g/mol. The number of nitrogens with one attached hydrogen (secondary N) is 2. The van der Waals surface area contributed by atoms with E-state index in [1.165, 1.54) is 0 Å². The van der Waals surface area contributed by atoms with Gasteiger partial charge in [-0.05, 0) is 24.3 Å². The Morgan fingerprint density at radius 1 is 1.32 bits per heavy atom. The monoisotopic (exact) mass is 256 g/mol. The lowest BCUT2D eigenvalue weighted by molar-refractivity contribution is 0.0994. The molecule has 6 heteroatoms. The number of aromatic amines is 1. The summed E-state index contributed by atoms with van der Waals surface area (Å²) in [5, 5.41) is 2.64. The third-order valence-electron chi connectivity index (χ3n) is 2.71. The van der Waals surface area contributed by atoms with Crippen LogP contribution in [0.15, 0.2) is 40.8 Å². The van der Waals surface area contributed by atoms with Gasteiger partial charge < -0.3 is 15.1 Å². The Balaban J connectivity index is 1.82. The van der Waals surface area contributed by atoms with E-state index in [-0.39, 0.29) is 18.2 Å². The molecule has 2 heterocycles. The van der Waals surface area contributed by atoms with Gasteiger partial charge in [-0.25, -0.2) is 4.98 Å². The Bertz CT molecular complexity index is 696. The van der Waals surface area contributed by atoms with Gasteiger partial charge in [0.2, 0.25) is 5.95 Å². The Morgan fingerprint density at radius 2 is 2.16 bits per heavy atom. The fraction of sp³-hybridized carbons (Fsp3) is 0.0769. The van der Waals surface area contributed by atoms with Gasteiger partial charge in [0.05, 0.1) is 17.6 Å². The smallest absolute Gasteiger partial charge is 0.293 e. The molecule has 0 spiro atoms. The number of carbonyl (C=O) groups excluding carboxylic acids is 1. The molecule has 3 aromatic rings. The van der Waals surface area contributed by atoms with Gasteiger partial charge in [0.1, 0.15) is 5.76 Å². The van der Waals surface area contributed by atoms with E-state index in [2.05, 4.69) is 15.3 Å². The van der Waals surface area contributed by atoms with Crippen molar-refractivity contribution in [3.8, 4) is 0 Å². The molecule has 0 aliphatic carbocycles. The average Bonchev–Trinajstić information content (AvgIpc) is 3.04. The van der Waals surface area contributed by atoms with Crippen LogP contribution in [0, 0.1) is 0 Å². The number of imidazole rings is 1. The highest BCUT2D eigenvalue weighted by atomic mass is 16.4. The standard InChI is InChI=1S/C13H12N4O2/c14-7-8-5-6-11(19-8)12(18)17-13-15-9-3-1-2-4-10(9)16-13/h1-6H,7,14H2,(H2,15,16,17,18). The first-order chi connectivity index (χ1) is 9.26. The molecule has 6 nitrogen and oxygen atoms in total. The summed E-state index contributed by atoms with van der Waals surface area (Å²) in [5.41, 5.74) is 7.08. The van der Waals surface area contributed by atoms with Crippen molar-refractivity contribution in [2.45, 2.75) is 6.54 Å². The van der Waals surface area contributed by atoms with Crippen molar-refractivity contribution < 1.29 is 9.21 Å². The third-order valence-corrected chi connectivity index (χ3v) is 2.71. The topological polar surface area (TPSA) is 96.9 Å². The summed E-state index contributed by atoms with van der Waals surface area (Å²) in [4.78, 5) is 19.2. The summed E-state index contributed by atoms with van der Waals surface area (Å²) in [6.07, 6.45) is 0. The van der Waals surface area contributed by atoms with E-state index >= 15 is 0 Å². The van der Waals surface area contributed by atoms with E-state index < -0.39 is 0 Å². The quantitative estimate of drug-likeness (QED) is 0.666. The molecule has 0 saturated heterocycles. The van der Waals surface area contributed by atoms with Crippen molar-refractivity contribution in [3.05, 3.63) is 47.9 Å². The second-order valence-electron chi connectivity index (χ2n) is 4.03. The van der Waals surface area contributed by atoms with Crippen LogP contribution in [0.1, 0.15) is 16.3 Å². The van der Waals surface area contributed by atoms with Crippen LogP contribution in [0.5, 0.6) is 0 Å². The summed E-state index contributed by atoms with van der Waals surface area (Å²) in [6, 6.07) is 10.8. The van der Waals surface area contributed by atoms with Gasteiger partial charge in [-0.3, -0.25) is 10.1 Å². The molecule has 0 aliphatic heterocycles. The SMILES string of the molecule is NCc1ccc(C(=O)Nc2nc3ccccc3[nH]2)o1. The molecule has 1 aromatic carbocycles. The molecule has 0 radical (unpaired) electrons. The van der Waals surface area contributed by atoms with Gasteiger partial charge >= 0.3 is 0 Å². The van der Waals surface area contributed by atoms with Crippen molar-refractivity contribution >= 4 is 22.9 Å². The highest BCUT2D eigenvalue weighted by molar-refractivity contribution is 6.01. The van der Waals surface area contributed by atoms with Crippen LogP contribution in [0.4, 0.5) is 5.95 Å². The predicted molar refractivity (Wildman–Crippen MR) is 70.6 cm³/mol. The zero-order valence-electron chi connectivity index (χ0n) is 10.0. The van der Waals surface area contributed by atoms with Gasteiger partial charge in [0.25, 0.3) is 5.91 Å². The Labute approximate surface area is 108 Å². The van der Waals surface area contributed by atoms with E-state index in [4.69, 9.17) is 10.2 Å². The molecule has 96 valence electrons. The normalized spacial score (nSPS) is 10.8. The molecule has 19 heavy (non-hydrogen) atoms. The number of amides is 1. The van der Waals surface area contributed by atoms with Crippen molar-refractivity contribution in [2.24, 2.45) is 5.73 Å². The maximum absolute atomic E-state index is 11.9. The summed E-state index contributed by atoms with van der Waals surface area (Å²) in [5.74, 6) is 0.798. The molecule has 3 rings (SSSR count). The van der Waals surface area contributed by atoms with Gasteiger partial charge in [0.15, 0.2) is 5.76 Å². The first-order valence-electron chi connectivity index (χ1n) is 5.81. The van der Waals surface area contributed by atoms with Crippen LogP contribution in [0.2, 0.25) is 0 Å². The number of hydrogen-bond acceptors (Lipinski definition) is 4. The molecule has 0 aliphatic rings. The molecule has 2 aromatic heterocycles. The zero-order chi connectivity index (χ0) is 13.2. The molecule has 0 bridgehead atoms. The second-order valence-corrected chi connectivity index (χ2v) is 4.03. The van der Waals surface area contributed by atoms with Gasteiger partial charge in [-0.15, -0.1) is 0 Å². The van der Waals surface area contributed by atoms with Crippen LogP contribution >= 0.6 is 0 Å². The third kappa shape index (κ3) is 2.21. The maximum Gasteiger partial charge on any atom is 0.293 e. The number of fused-ring (bicyclic) bond motifs is 1. The van der Waals surface area contributed by atoms with Gasteiger partial charge in [-0.2, -0.15) is 0 Å². The minimum absolute atomic E-state index is 0.209. The average molecular weight is 256 g/mol. The molecule has 1 amide bonds. The summed E-state index contributed by atoms with van der Waals surface area (Å²) in [6.45, 7) is 0.262. The Hall–Kier alpha value is -2.60. The summed E-state index contributed by atoms with van der Waals surface area (Å²) >= 11 is 0. The van der Waals surface area contributed by atoms with Crippen LogP contribution in [0.3, 0.4) is 0 Å². The number of rotatable bonds is 3. The van der Waals surface area contributed by atoms with Gasteiger partial charge in [0, 0.05) is 0 Å². The Morgan fingerprint density at radius 3 is 2.89 bits per heavy atom. The number of benzene rings is 1. The fourth-order valence-electron chi connectivity index (χ4n) is 1.79. The molecule has 0 fully saturated rings. The van der Waals surface area contributed by atoms with Crippen molar-refractivity contribution in [3.63, 3.8) is 0 Å². The minimum Gasteiger partial charge on any atom is -0.455 e.